The second kappa shape index (κ2) is 4.62. The maximum Gasteiger partial charge on any atom is 0.364 e. The normalized spacial score (nSPS) is 12.2. The molecule has 0 spiro atoms. The third-order valence-electron chi connectivity index (χ3n) is 1.63. The van der Waals surface area contributed by atoms with E-state index in [2.05, 4.69) is 5.73 Å². The average molecular weight is 180 g/mol. The molecule has 0 heterocycles. The van der Waals surface area contributed by atoms with Gasteiger partial charge in [-0.25, -0.2) is 4.79 Å². The first-order valence-electron chi connectivity index (χ1n) is 4.24. The Labute approximate surface area is 77.5 Å². The summed E-state index contributed by atoms with van der Waals surface area (Å²) < 4.78 is 4.99. The number of esters is 1. The van der Waals surface area contributed by atoms with Gasteiger partial charge in [-0.15, -0.1) is 0 Å². The van der Waals surface area contributed by atoms with E-state index < -0.39 is 0 Å². The topological polar surface area (TPSA) is 53.9 Å². The zero-order chi connectivity index (χ0) is 9.68. The van der Waals surface area contributed by atoms with Crippen LogP contribution in [0.2, 0.25) is 0 Å². The van der Waals surface area contributed by atoms with E-state index in [1.165, 1.54) is 0 Å². The van der Waals surface area contributed by atoms with Gasteiger partial charge >= 0.3 is 5.97 Å². The van der Waals surface area contributed by atoms with Crippen LogP contribution in [-0.2, 0) is 16.1 Å². The zero-order valence-corrected chi connectivity index (χ0v) is 7.69. The first kappa shape index (κ1) is 9.74. The van der Waals surface area contributed by atoms with E-state index in [0.717, 1.165) is 5.56 Å². The first-order chi connectivity index (χ1) is 6.20. The predicted molar refractivity (Wildman–Crippen MR) is 48.6 cm³/mol. The summed E-state index contributed by atoms with van der Waals surface area (Å²) in [4.78, 5) is 11.0. The molecule has 1 unspecified atom stereocenters. The van der Waals surface area contributed by atoms with Crippen molar-refractivity contribution in [1.29, 1.82) is 0 Å². The van der Waals surface area contributed by atoms with Gasteiger partial charge in [-0.2, -0.15) is 0 Å². The van der Waals surface area contributed by atoms with Crippen molar-refractivity contribution in [2.45, 2.75) is 19.6 Å². The molecule has 3 heteroatoms. The highest BCUT2D eigenvalue weighted by Gasteiger charge is 2.11. The molecule has 0 radical (unpaired) electrons. The molecule has 0 saturated heterocycles. The SMILES string of the molecule is CC([NH3+])C(=O)OCc1ccccc1. The summed E-state index contributed by atoms with van der Waals surface area (Å²) in [6.07, 6.45) is 0. The number of ether oxygens (including phenoxy) is 1. The van der Waals surface area contributed by atoms with E-state index >= 15 is 0 Å². The van der Waals surface area contributed by atoms with E-state index in [0.29, 0.717) is 6.61 Å². The molecule has 0 aliphatic rings. The van der Waals surface area contributed by atoms with Crippen LogP contribution in [0.1, 0.15) is 12.5 Å². The van der Waals surface area contributed by atoms with Crippen LogP contribution in [0.25, 0.3) is 0 Å². The number of hydrogen-bond acceptors (Lipinski definition) is 2. The fraction of sp³-hybridized carbons (Fsp3) is 0.300. The predicted octanol–water partition coefficient (Wildman–Crippen LogP) is 0.360. The molecule has 1 rings (SSSR count). The van der Waals surface area contributed by atoms with Gasteiger partial charge < -0.3 is 10.5 Å². The van der Waals surface area contributed by atoms with Crippen molar-refractivity contribution in [3.05, 3.63) is 35.9 Å². The maximum atomic E-state index is 11.0. The molecule has 0 aliphatic carbocycles. The Morgan fingerprint density at radius 2 is 2.08 bits per heavy atom. The lowest BCUT2D eigenvalue weighted by atomic mass is 10.2. The van der Waals surface area contributed by atoms with Crippen molar-refractivity contribution in [2.75, 3.05) is 0 Å². The molecule has 0 bridgehead atoms. The summed E-state index contributed by atoms with van der Waals surface area (Å²) in [5, 5.41) is 0. The Morgan fingerprint density at radius 1 is 1.46 bits per heavy atom. The summed E-state index contributed by atoms with van der Waals surface area (Å²) in [7, 11) is 0. The van der Waals surface area contributed by atoms with Crippen LogP contribution in [0.3, 0.4) is 0 Å². The highest BCUT2D eigenvalue weighted by molar-refractivity contribution is 5.73. The first-order valence-corrected chi connectivity index (χ1v) is 4.24. The number of quaternary nitrogens is 1. The third-order valence-corrected chi connectivity index (χ3v) is 1.63. The van der Waals surface area contributed by atoms with Gasteiger partial charge in [-0.05, 0) is 12.5 Å². The number of carbonyl (C=O) groups is 1. The minimum atomic E-state index is -0.302. The van der Waals surface area contributed by atoms with Gasteiger partial charge in [0.2, 0.25) is 0 Å². The fourth-order valence-electron chi connectivity index (χ4n) is 0.871. The lowest BCUT2D eigenvalue weighted by Crippen LogP contribution is -2.63. The van der Waals surface area contributed by atoms with Crippen LogP contribution < -0.4 is 5.73 Å². The van der Waals surface area contributed by atoms with Gasteiger partial charge in [-0.1, -0.05) is 30.3 Å². The van der Waals surface area contributed by atoms with Gasteiger partial charge in [0, 0.05) is 0 Å². The lowest BCUT2D eigenvalue weighted by molar-refractivity contribution is -0.403. The number of carbonyl (C=O) groups excluding carboxylic acids is 1. The molecule has 0 fully saturated rings. The number of hydrogen-bond donors (Lipinski definition) is 1. The number of rotatable bonds is 3. The van der Waals surface area contributed by atoms with E-state index in [-0.39, 0.29) is 12.0 Å². The molecule has 3 nitrogen and oxygen atoms in total. The molecule has 0 aliphatic heterocycles. The second-order valence-electron chi connectivity index (χ2n) is 2.99. The van der Waals surface area contributed by atoms with Crippen molar-refractivity contribution >= 4 is 5.97 Å². The van der Waals surface area contributed by atoms with Crippen molar-refractivity contribution in [2.24, 2.45) is 0 Å². The average Bonchev–Trinajstić information content (AvgIpc) is 2.15. The van der Waals surface area contributed by atoms with Crippen LogP contribution in [0.15, 0.2) is 30.3 Å². The molecule has 1 aromatic rings. The molecule has 1 aromatic carbocycles. The summed E-state index contributed by atoms with van der Waals surface area (Å²) >= 11 is 0. The monoisotopic (exact) mass is 180 g/mol. The van der Waals surface area contributed by atoms with Crippen LogP contribution in [0.4, 0.5) is 0 Å². The Morgan fingerprint density at radius 3 is 2.62 bits per heavy atom. The lowest BCUT2D eigenvalue weighted by Gasteiger charge is -2.04. The minimum Gasteiger partial charge on any atom is -0.456 e. The Hall–Kier alpha value is -1.35. The molecule has 3 N–H and O–H groups in total. The quantitative estimate of drug-likeness (QED) is 0.683. The van der Waals surface area contributed by atoms with Gasteiger partial charge in [0.05, 0.1) is 0 Å². The summed E-state index contributed by atoms with van der Waals surface area (Å²) in [5.74, 6) is -0.260. The van der Waals surface area contributed by atoms with Gasteiger partial charge in [-0.3, -0.25) is 0 Å². The standard InChI is InChI=1S/C10H13NO2/c1-8(11)10(12)13-7-9-5-3-2-4-6-9/h2-6,8H,7,11H2,1H3/p+1. The molecule has 13 heavy (non-hydrogen) atoms. The Balaban J connectivity index is 2.40. The molecular weight excluding hydrogens is 166 g/mol. The molecule has 0 saturated carbocycles. The van der Waals surface area contributed by atoms with Crippen LogP contribution in [-0.4, -0.2) is 12.0 Å². The third kappa shape index (κ3) is 3.25. The molecule has 0 amide bonds. The minimum absolute atomic E-state index is 0.260. The van der Waals surface area contributed by atoms with Crippen LogP contribution >= 0.6 is 0 Å². The number of benzene rings is 1. The Bertz CT molecular complexity index is 270. The van der Waals surface area contributed by atoms with Gasteiger partial charge in [0.15, 0.2) is 6.04 Å². The van der Waals surface area contributed by atoms with Crippen molar-refractivity contribution in [1.82, 2.24) is 0 Å². The van der Waals surface area contributed by atoms with Crippen molar-refractivity contribution in [3.8, 4) is 0 Å². The van der Waals surface area contributed by atoms with Gasteiger partial charge in [0.25, 0.3) is 0 Å². The summed E-state index contributed by atoms with van der Waals surface area (Å²) in [6, 6.07) is 9.29. The van der Waals surface area contributed by atoms with E-state index in [1.807, 2.05) is 30.3 Å². The second-order valence-corrected chi connectivity index (χ2v) is 2.99. The highest BCUT2D eigenvalue weighted by atomic mass is 16.5. The molecule has 70 valence electrons. The van der Waals surface area contributed by atoms with Gasteiger partial charge in [0.1, 0.15) is 6.61 Å². The zero-order valence-electron chi connectivity index (χ0n) is 7.69. The summed E-state index contributed by atoms with van der Waals surface area (Å²) in [5.41, 5.74) is 4.57. The largest absolute Gasteiger partial charge is 0.456 e. The van der Waals surface area contributed by atoms with Crippen LogP contribution in [0, 0.1) is 0 Å². The van der Waals surface area contributed by atoms with Crippen molar-refractivity contribution < 1.29 is 15.3 Å². The van der Waals surface area contributed by atoms with E-state index in [4.69, 9.17) is 4.74 Å². The molecule has 0 aromatic heterocycles. The summed E-state index contributed by atoms with van der Waals surface area (Å²) in [6.45, 7) is 2.05. The fourth-order valence-corrected chi connectivity index (χ4v) is 0.871. The van der Waals surface area contributed by atoms with Crippen LogP contribution in [0.5, 0.6) is 0 Å². The highest BCUT2D eigenvalue weighted by Crippen LogP contribution is 2.00. The van der Waals surface area contributed by atoms with E-state index in [9.17, 15) is 4.79 Å². The molecular formula is C10H14NO2+. The van der Waals surface area contributed by atoms with Crippen molar-refractivity contribution in [3.63, 3.8) is 0 Å². The smallest absolute Gasteiger partial charge is 0.364 e. The maximum absolute atomic E-state index is 11.0. The Kier molecular flexibility index (Phi) is 3.46. The molecule has 1 atom stereocenters. The van der Waals surface area contributed by atoms with E-state index in [1.54, 1.807) is 6.92 Å².